The van der Waals surface area contributed by atoms with E-state index in [2.05, 4.69) is 332 Å². The van der Waals surface area contributed by atoms with Crippen LogP contribution in [0.25, 0.3) is 66.4 Å². The predicted octanol–water partition coefficient (Wildman–Crippen LogP) is 21.6. The van der Waals surface area contributed by atoms with E-state index in [-0.39, 0.29) is 16.2 Å². The van der Waals surface area contributed by atoms with Gasteiger partial charge in [0.15, 0.2) is 0 Å². The maximum absolute atomic E-state index is 2.58. The lowest BCUT2D eigenvalue weighted by Gasteiger charge is -2.35. The predicted molar refractivity (Wildman–Crippen MR) is 347 cm³/mol. The molecule has 12 aromatic rings. The first-order chi connectivity index (χ1) is 39.8. The van der Waals surface area contributed by atoms with Crippen molar-refractivity contribution in [2.24, 2.45) is 0 Å². The van der Waals surface area contributed by atoms with Gasteiger partial charge in [-0.15, -0.1) is 0 Å². The third-order valence-corrected chi connectivity index (χ3v) is 18.1. The lowest BCUT2D eigenvalue weighted by atomic mass is 9.67. The molecule has 0 spiro atoms. The minimum Gasteiger partial charge on any atom is -0.309 e. The van der Waals surface area contributed by atoms with Gasteiger partial charge in [-0.25, -0.2) is 0 Å². The summed E-state index contributed by atoms with van der Waals surface area (Å²) in [7, 11) is 0. The van der Waals surface area contributed by atoms with Crippen LogP contribution in [0.4, 0.5) is 17.1 Å². The van der Waals surface area contributed by atoms with Crippen molar-refractivity contribution in [1.82, 2.24) is 0 Å². The summed E-state index contributed by atoms with van der Waals surface area (Å²) in [5.41, 5.74) is 26.2. The van der Waals surface area contributed by atoms with Gasteiger partial charge in [0.1, 0.15) is 0 Å². The van der Waals surface area contributed by atoms with Gasteiger partial charge in [-0.05, 0) is 153 Å². The van der Waals surface area contributed by atoms with Gasteiger partial charge in [0.05, 0.1) is 16.8 Å². The van der Waals surface area contributed by atoms with Crippen molar-refractivity contribution in [3.8, 4) is 55.6 Å². The second-order valence-corrected chi connectivity index (χ2v) is 24.9. The third kappa shape index (κ3) is 8.04. The van der Waals surface area contributed by atoms with Gasteiger partial charge < -0.3 is 4.90 Å². The number of anilines is 3. The standard InChI is InChI=1S/C81H67N/c1-78(2,3)60-49-56(50-61(52-60)79(4,5)6)64-39-25-27-54-28-26-40-70(77(54)64)69-38-20-24-44-76(69)82(62-46-48-68-66-37-18-22-42-72(66)81(74(68)53-62,58-31-13-9-14-32-58)59-33-15-10-16-34-59)75-43-23-19-35-63(75)55-45-47-67-65-36-17-21-41-71(65)80(7,73(67)51-55)57-29-11-8-12-30-57/h8-53H,1-7H3. The fourth-order valence-electron chi connectivity index (χ4n) is 14.0. The Morgan fingerprint density at radius 3 is 1.35 bits per heavy atom. The Bertz CT molecular complexity index is 4340. The van der Waals surface area contributed by atoms with Crippen LogP contribution in [0, 0.1) is 0 Å². The molecular formula is C81H67N. The van der Waals surface area contributed by atoms with E-state index >= 15 is 0 Å². The Kier molecular flexibility index (Phi) is 12.1. The minimum absolute atomic E-state index is 0.0390. The van der Waals surface area contributed by atoms with E-state index < -0.39 is 5.41 Å². The van der Waals surface area contributed by atoms with Gasteiger partial charge in [-0.1, -0.05) is 290 Å². The average Bonchev–Trinajstić information content (AvgIpc) is 1.86. The van der Waals surface area contributed by atoms with E-state index in [1.54, 1.807) is 0 Å². The van der Waals surface area contributed by atoms with Crippen molar-refractivity contribution in [3.05, 3.63) is 329 Å². The van der Waals surface area contributed by atoms with Crippen LogP contribution in [0.3, 0.4) is 0 Å². The summed E-state index contributed by atoms with van der Waals surface area (Å²) in [5.74, 6) is 0. The van der Waals surface area contributed by atoms with Crippen LogP contribution in [0.15, 0.2) is 279 Å². The molecule has 1 atom stereocenters. The monoisotopic (exact) mass is 1050 g/mol. The minimum atomic E-state index is -0.593. The maximum Gasteiger partial charge on any atom is 0.0714 e. The largest absolute Gasteiger partial charge is 0.309 e. The normalized spacial score (nSPS) is 14.9. The molecule has 0 saturated carbocycles. The van der Waals surface area contributed by atoms with Crippen molar-refractivity contribution < 1.29 is 0 Å². The Morgan fingerprint density at radius 1 is 0.293 bits per heavy atom. The Hall–Kier alpha value is -9.30. The van der Waals surface area contributed by atoms with Gasteiger partial charge >= 0.3 is 0 Å². The molecule has 0 fully saturated rings. The summed E-state index contributed by atoms with van der Waals surface area (Å²) in [6.45, 7) is 16.4. The highest BCUT2D eigenvalue weighted by molar-refractivity contribution is 6.09. The fourth-order valence-corrected chi connectivity index (χ4v) is 14.0. The number of fused-ring (bicyclic) bond motifs is 7. The average molecular weight is 1050 g/mol. The molecule has 396 valence electrons. The van der Waals surface area contributed by atoms with E-state index in [0.29, 0.717) is 0 Å². The molecule has 0 amide bonds. The van der Waals surface area contributed by atoms with Crippen LogP contribution in [0.2, 0.25) is 0 Å². The van der Waals surface area contributed by atoms with Crippen LogP contribution in [-0.2, 0) is 21.7 Å². The van der Waals surface area contributed by atoms with E-state index in [1.807, 2.05) is 0 Å². The molecule has 0 aromatic heterocycles. The lowest BCUT2D eigenvalue weighted by Crippen LogP contribution is -2.28. The topological polar surface area (TPSA) is 3.24 Å². The lowest BCUT2D eigenvalue weighted by molar-refractivity contribution is 0.569. The highest BCUT2D eigenvalue weighted by Crippen LogP contribution is 2.59. The molecule has 0 bridgehead atoms. The van der Waals surface area contributed by atoms with Gasteiger partial charge in [0.2, 0.25) is 0 Å². The number of rotatable bonds is 9. The molecule has 2 aliphatic rings. The van der Waals surface area contributed by atoms with Crippen LogP contribution in [-0.4, -0.2) is 0 Å². The number of benzene rings is 12. The second kappa shape index (κ2) is 19.5. The maximum atomic E-state index is 2.58. The fraction of sp³-hybridized carbons (Fsp3) is 0.136. The molecule has 0 radical (unpaired) electrons. The van der Waals surface area contributed by atoms with Crippen LogP contribution in [0.1, 0.15) is 98.5 Å². The van der Waals surface area contributed by atoms with E-state index in [0.717, 1.165) is 28.2 Å². The summed E-state index contributed by atoms with van der Waals surface area (Å²) >= 11 is 0. The quantitative estimate of drug-likeness (QED) is 0.139. The van der Waals surface area contributed by atoms with Crippen molar-refractivity contribution in [3.63, 3.8) is 0 Å². The molecule has 82 heavy (non-hydrogen) atoms. The zero-order valence-corrected chi connectivity index (χ0v) is 48.0. The number of para-hydroxylation sites is 2. The van der Waals surface area contributed by atoms with Crippen molar-refractivity contribution >= 4 is 27.8 Å². The molecule has 0 N–H and O–H groups in total. The Labute approximate surface area is 484 Å². The van der Waals surface area contributed by atoms with Crippen LogP contribution < -0.4 is 4.90 Å². The molecule has 1 nitrogen and oxygen atoms in total. The molecule has 14 rings (SSSR count). The van der Waals surface area contributed by atoms with Crippen molar-refractivity contribution in [2.45, 2.75) is 70.1 Å². The van der Waals surface area contributed by atoms with Gasteiger partial charge in [-0.3, -0.25) is 0 Å². The van der Waals surface area contributed by atoms with Crippen LogP contribution >= 0.6 is 0 Å². The van der Waals surface area contributed by atoms with Gasteiger partial charge in [0.25, 0.3) is 0 Å². The first-order valence-corrected chi connectivity index (χ1v) is 29.2. The summed E-state index contributed by atoms with van der Waals surface area (Å²) in [6, 6.07) is 105. The van der Waals surface area contributed by atoms with E-state index in [4.69, 9.17) is 0 Å². The molecule has 0 saturated heterocycles. The number of nitrogens with zero attached hydrogens (tertiary/aromatic N) is 1. The van der Waals surface area contributed by atoms with Crippen molar-refractivity contribution in [2.75, 3.05) is 4.90 Å². The smallest absolute Gasteiger partial charge is 0.0714 e. The zero-order chi connectivity index (χ0) is 56.0. The molecular weight excluding hydrogens is 987 g/mol. The van der Waals surface area contributed by atoms with Crippen molar-refractivity contribution in [1.29, 1.82) is 0 Å². The second-order valence-electron chi connectivity index (χ2n) is 24.9. The van der Waals surface area contributed by atoms with E-state index in [1.165, 1.54) is 105 Å². The molecule has 2 aliphatic carbocycles. The summed E-state index contributed by atoms with van der Waals surface area (Å²) in [6.07, 6.45) is 0. The highest BCUT2D eigenvalue weighted by atomic mass is 15.1. The van der Waals surface area contributed by atoms with Gasteiger partial charge in [0, 0.05) is 22.2 Å². The Balaban J connectivity index is 1.05. The summed E-state index contributed by atoms with van der Waals surface area (Å²) < 4.78 is 0. The first-order valence-electron chi connectivity index (χ1n) is 29.2. The SMILES string of the molecule is CC(C)(C)c1cc(-c2cccc3cccc(-c4ccccc4N(c4ccc5c(c4)C(c4ccccc4)(c4ccccc4)c4ccccc4-5)c4ccccc4-c4ccc5c(c4)C(C)(c4ccccc4)c4ccccc4-5)c23)cc(C(C)(C)C)c1. The molecule has 1 heteroatoms. The number of hydrogen-bond acceptors (Lipinski definition) is 1. The molecule has 0 heterocycles. The molecule has 0 aliphatic heterocycles. The molecule has 12 aromatic carbocycles. The molecule has 1 unspecified atom stereocenters. The number of hydrogen-bond donors (Lipinski definition) is 0. The summed E-state index contributed by atoms with van der Waals surface area (Å²) in [5, 5.41) is 2.45. The third-order valence-electron chi connectivity index (χ3n) is 18.1. The summed E-state index contributed by atoms with van der Waals surface area (Å²) in [4.78, 5) is 2.58. The zero-order valence-electron chi connectivity index (χ0n) is 48.0. The van der Waals surface area contributed by atoms with Gasteiger partial charge in [-0.2, -0.15) is 0 Å². The Morgan fingerprint density at radius 2 is 0.744 bits per heavy atom. The van der Waals surface area contributed by atoms with E-state index in [9.17, 15) is 0 Å². The highest BCUT2D eigenvalue weighted by Gasteiger charge is 2.47. The first kappa shape index (κ1) is 50.9. The van der Waals surface area contributed by atoms with Crippen LogP contribution in [0.5, 0.6) is 0 Å².